The molecule has 0 aromatic carbocycles. The maximum atomic E-state index is 2.72. The van der Waals surface area contributed by atoms with Crippen LogP contribution in [-0.2, 0) is 0 Å². The normalized spacial score (nSPS) is 23.0. The van der Waals surface area contributed by atoms with Crippen LogP contribution in [0.2, 0.25) is 0 Å². The van der Waals surface area contributed by atoms with E-state index in [1.807, 2.05) is 0 Å². The molecule has 0 spiro atoms. The highest BCUT2D eigenvalue weighted by atomic mass is 15.1. The Morgan fingerprint density at radius 2 is 1.09 bits per heavy atom. The van der Waals surface area contributed by atoms with E-state index in [1.54, 1.807) is 0 Å². The third kappa shape index (κ3) is 6.05. The smallest absolute Gasteiger partial charge is 0.00160 e. The lowest BCUT2D eigenvalue weighted by Crippen LogP contribution is -2.41. The maximum Gasteiger partial charge on any atom is -0.00160 e. The van der Waals surface area contributed by atoms with Gasteiger partial charge < -0.3 is 9.80 Å². The fourth-order valence-corrected chi connectivity index (χ4v) is 5.02. The molecular weight excluding hydrogens is 280 g/mol. The van der Waals surface area contributed by atoms with Gasteiger partial charge in [0.2, 0.25) is 0 Å². The van der Waals surface area contributed by atoms with E-state index < -0.39 is 0 Å². The molecule has 2 rings (SSSR count). The molecule has 0 radical (unpaired) electrons. The van der Waals surface area contributed by atoms with E-state index in [9.17, 15) is 0 Å². The zero-order valence-corrected chi connectivity index (χ0v) is 16.2. The third-order valence-corrected chi connectivity index (χ3v) is 6.60. The topological polar surface area (TPSA) is 6.48 Å². The lowest BCUT2D eigenvalue weighted by molar-refractivity contribution is 0.0751. The summed E-state index contributed by atoms with van der Waals surface area (Å²) in [5.41, 5.74) is 0. The Kier molecular flexibility index (Phi) is 8.97. The van der Waals surface area contributed by atoms with E-state index in [0.717, 1.165) is 17.8 Å². The summed E-state index contributed by atoms with van der Waals surface area (Å²) in [7, 11) is 0. The van der Waals surface area contributed by atoms with Gasteiger partial charge >= 0.3 is 0 Å². The van der Waals surface area contributed by atoms with Crippen LogP contribution in [0.1, 0.15) is 78.6 Å². The van der Waals surface area contributed by atoms with Crippen LogP contribution in [0, 0.1) is 17.8 Å². The van der Waals surface area contributed by atoms with Crippen LogP contribution in [0.5, 0.6) is 0 Å². The second-order valence-corrected chi connectivity index (χ2v) is 8.14. The SMILES string of the molecule is CCCCN1CCC(C(CC)C2CCN(CCCC)CC2)CC1. The summed E-state index contributed by atoms with van der Waals surface area (Å²) in [6, 6.07) is 0. The zero-order valence-electron chi connectivity index (χ0n) is 16.2. The van der Waals surface area contributed by atoms with Crippen LogP contribution >= 0.6 is 0 Å². The lowest BCUT2D eigenvalue weighted by atomic mass is 9.72. The van der Waals surface area contributed by atoms with Gasteiger partial charge in [0.05, 0.1) is 0 Å². The molecule has 2 saturated heterocycles. The first-order chi connectivity index (χ1) is 11.3. The monoisotopic (exact) mass is 322 g/mol. The Morgan fingerprint density at radius 3 is 1.39 bits per heavy atom. The van der Waals surface area contributed by atoms with Crippen molar-refractivity contribution >= 4 is 0 Å². The van der Waals surface area contributed by atoms with Crippen molar-refractivity contribution in [3.05, 3.63) is 0 Å². The van der Waals surface area contributed by atoms with Gasteiger partial charge in [-0.1, -0.05) is 40.0 Å². The fourth-order valence-electron chi connectivity index (χ4n) is 5.02. The van der Waals surface area contributed by atoms with Gasteiger partial charge in [-0.05, 0) is 95.5 Å². The minimum Gasteiger partial charge on any atom is -0.303 e. The zero-order chi connectivity index (χ0) is 16.5. The summed E-state index contributed by atoms with van der Waals surface area (Å²) in [6.07, 6.45) is 12.8. The Hall–Kier alpha value is -0.0800. The van der Waals surface area contributed by atoms with E-state index in [2.05, 4.69) is 30.6 Å². The van der Waals surface area contributed by atoms with Crippen LogP contribution < -0.4 is 0 Å². The first-order valence-electron chi connectivity index (χ1n) is 10.7. The third-order valence-electron chi connectivity index (χ3n) is 6.60. The molecule has 0 unspecified atom stereocenters. The van der Waals surface area contributed by atoms with Crippen molar-refractivity contribution in [3.8, 4) is 0 Å². The molecule has 136 valence electrons. The second kappa shape index (κ2) is 10.7. The number of hydrogen-bond acceptors (Lipinski definition) is 2. The van der Waals surface area contributed by atoms with Gasteiger partial charge in [0.15, 0.2) is 0 Å². The van der Waals surface area contributed by atoms with Gasteiger partial charge in [0, 0.05) is 0 Å². The summed E-state index contributed by atoms with van der Waals surface area (Å²) in [5.74, 6) is 3.05. The molecule has 0 bridgehead atoms. The van der Waals surface area contributed by atoms with Crippen LogP contribution in [0.25, 0.3) is 0 Å². The number of nitrogens with zero attached hydrogens (tertiary/aromatic N) is 2. The molecular formula is C21H42N2. The molecule has 0 aromatic heterocycles. The van der Waals surface area contributed by atoms with Crippen molar-refractivity contribution in [2.24, 2.45) is 17.8 Å². The summed E-state index contributed by atoms with van der Waals surface area (Å²) in [5, 5.41) is 0. The predicted octanol–water partition coefficient (Wildman–Crippen LogP) is 5.04. The van der Waals surface area contributed by atoms with E-state index in [0.29, 0.717) is 0 Å². The minimum absolute atomic E-state index is 1.01. The molecule has 2 nitrogen and oxygen atoms in total. The Balaban J connectivity index is 1.73. The molecule has 2 heteroatoms. The highest BCUT2D eigenvalue weighted by molar-refractivity contribution is 4.84. The van der Waals surface area contributed by atoms with E-state index in [1.165, 1.54) is 97.1 Å². The number of piperidine rings is 2. The molecule has 2 fully saturated rings. The number of hydrogen-bond donors (Lipinski definition) is 0. The average molecular weight is 323 g/mol. The van der Waals surface area contributed by atoms with Crippen molar-refractivity contribution in [3.63, 3.8) is 0 Å². The van der Waals surface area contributed by atoms with Crippen molar-refractivity contribution in [2.45, 2.75) is 78.6 Å². The first kappa shape index (κ1) is 19.2. The van der Waals surface area contributed by atoms with Gasteiger partial charge in [0.25, 0.3) is 0 Å². The fraction of sp³-hybridized carbons (Fsp3) is 1.00. The number of rotatable bonds is 9. The maximum absolute atomic E-state index is 2.72. The molecule has 0 aliphatic carbocycles. The molecule has 0 saturated carbocycles. The van der Waals surface area contributed by atoms with Gasteiger partial charge in [-0.3, -0.25) is 0 Å². The van der Waals surface area contributed by atoms with Crippen LogP contribution in [-0.4, -0.2) is 49.1 Å². The first-order valence-corrected chi connectivity index (χ1v) is 10.7. The van der Waals surface area contributed by atoms with Crippen molar-refractivity contribution in [1.82, 2.24) is 9.80 Å². The second-order valence-electron chi connectivity index (χ2n) is 8.14. The van der Waals surface area contributed by atoms with E-state index in [4.69, 9.17) is 0 Å². The molecule has 2 aliphatic heterocycles. The highest BCUT2D eigenvalue weighted by Gasteiger charge is 2.32. The van der Waals surface area contributed by atoms with E-state index in [-0.39, 0.29) is 0 Å². The molecule has 0 N–H and O–H groups in total. The lowest BCUT2D eigenvalue weighted by Gasteiger charge is -2.42. The van der Waals surface area contributed by atoms with Gasteiger partial charge in [-0.2, -0.15) is 0 Å². The van der Waals surface area contributed by atoms with Crippen molar-refractivity contribution < 1.29 is 0 Å². The summed E-state index contributed by atoms with van der Waals surface area (Å²) in [4.78, 5) is 5.44. The number of unbranched alkanes of at least 4 members (excludes halogenated alkanes) is 2. The van der Waals surface area contributed by atoms with Gasteiger partial charge in [0.1, 0.15) is 0 Å². The average Bonchev–Trinajstić information content (AvgIpc) is 2.61. The quantitative estimate of drug-likeness (QED) is 0.587. The Bertz CT molecular complexity index is 260. The minimum atomic E-state index is 1.01. The van der Waals surface area contributed by atoms with Gasteiger partial charge in [-0.25, -0.2) is 0 Å². The Labute approximate surface area is 146 Å². The van der Waals surface area contributed by atoms with Gasteiger partial charge in [-0.15, -0.1) is 0 Å². The standard InChI is InChI=1S/C21H42N2/c1-4-7-13-22-15-9-19(10-16-22)21(6-3)20-11-17-23(18-12-20)14-8-5-2/h19-21H,4-18H2,1-3H3. The van der Waals surface area contributed by atoms with Crippen LogP contribution in [0.4, 0.5) is 0 Å². The highest BCUT2D eigenvalue weighted by Crippen LogP contribution is 2.37. The van der Waals surface area contributed by atoms with Crippen molar-refractivity contribution in [1.29, 1.82) is 0 Å². The predicted molar refractivity (Wildman–Crippen MR) is 102 cm³/mol. The summed E-state index contributed by atoms with van der Waals surface area (Å²) < 4.78 is 0. The number of likely N-dealkylation sites (tertiary alicyclic amines) is 2. The molecule has 2 aliphatic rings. The van der Waals surface area contributed by atoms with Crippen LogP contribution in [0.3, 0.4) is 0 Å². The molecule has 23 heavy (non-hydrogen) atoms. The molecule has 2 heterocycles. The molecule has 0 amide bonds. The molecule has 0 atom stereocenters. The summed E-state index contributed by atoms with van der Waals surface area (Å²) >= 11 is 0. The Morgan fingerprint density at radius 1 is 0.696 bits per heavy atom. The summed E-state index contributed by atoms with van der Waals surface area (Å²) in [6.45, 7) is 15.3. The van der Waals surface area contributed by atoms with Crippen LogP contribution in [0.15, 0.2) is 0 Å². The molecule has 0 aromatic rings. The largest absolute Gasteiger partial charge is 0.303 e. The van der Waals surface area contributed by atoms with E-state index >= 15 is 0 Å². The van der Waals surface area contributed by atoms with Crippen molar-refractivity contribution in [2.75, 3.05) is 39.3 Å².